The molecule has 0 radical (unpaired) electrons. The van der Waals surface area contributed by atoms with Gasteiger partial charge >= 0.3 is 0 Å². The lowest BCUT2D eigenvalue weighted by atomic mass is 9.48. The summed E-state index contributed by atoms with van der Waals surface area (Å²) < 4.78 is 5.51. The molecule has 1 saturated carbocycles. The van der Waals surface area contributed by atoms with Gasteiger partial charge in [-0.3, -0.25) is 0 Å². The zero-order valence-electron chi connectivity index (χ0n) is 16.2. The van der Waals surface area contributed by atoms with Gasteiger partial charge in [-0.1, -0.05) is 51.5 Å². The van der Waals surface area contributed by atoms with Crippen LogP contribution in [0.4, 0.5) is 0 Å². The fourth-order valence-corrected chi connectivity index (χ4v) is 5.11. The lowest BCUT2D eigenvalue weighted by Crippen LogP contribution is -2.49. The lowest BCUT2D eigenvalue weighted by Gasteiger charge is -2.55. The van der Waals surface area contributed by atoms with Gasteiger partial charge < -0.3 is 9.84 Å². The molecular weight excluding hydrogens is 284 g/mol. The van der Waals surface area contributed by atoms with Gasteiger partial charge in [-0.05, 0) is 61.7 Å². The van der Waals surface area contributed by atoms with Crippen molar-refractivity contribution in [2.75, 3.05) is 13.7 Å². The molecule has 1 N–H and O–H groups in total. The van der Waals surface area contributed by atoms with Gasteiger partial charge in [0.25, 0.3) is 0 Å². The van der Waals surface area contributed by atoms with Gasteiger partial charge in [0.05, 0.1) is 5.60 Å². The van der Waals surface area contributed by atoms with Crippen molar-refractivity contribution in [3.8, 4) is 0 Å². The highest BCUT2D eigenvalue weighted by atomic mass is 16.5. The SMILES string of the molecule is COC(C)(C)/C=C/C[C@]1(C)[C@@H](CO)CC2=CCCC(C)(C)[C@@]21C. The fraction of sp³-hybridized carbons (Fsp3) is 0.810. The molecule has 0 spiro atoms. The standard InChI is InChI=1S/C21H36O2/c1-18(2)11-8-10-16-14-17(15-22)20(5,21(16,18)6)13-9-12-19(3,4)23-7/h9-10,12,17,22H,8,11,13-15H2,1-7H3/b12-9+/t17-,20-,21-/m1/s1. The number of aliphatic hydroxyl groups excluding tert-OH is 1. The number of fused-ring (bicyclic) bond motifs is 1. The molecule has 2 nitrogen and oxygen atoms in total. The summed E-state index contributed by atoms with van der Waals surface area (Å²) in [5.41, 5.74) is 1.84. The summed E-state index contributed by atoms with van der Waals surface area (Å²) in [5, 5.41) is 10.1. The molecule has 0 aromatic heterocycles. The average molecular weight is 321 g/mol. The summed E-state index contributed by atoms with van der Waals surface area (Å²) in [7, 11) is 1.75. The van der Waals surface area contributed by atoms with E-state index in [2.05, 4.69) is 59.8 Å². The predicted molar refractivity (Wildman–Crippen MR) is 97.3 cm³/mol. The van der Waals surface area contributed by atoms with Crippen LogP contribution in [0.3, 0.4) is 0 Å². The van der Waals surface area contributed by atoms with E-state index in [1.165, 1.54) is 12.8 Å². The minimum Gasteiger partial charge on any atom is -0.396 e. The van der Waals surface area contributed by atoms with Crippen LogP contribution in [-0.2, 0) is 4.74 Å². The van der Waals surface area contributed by atoms with Gasteiger partial charge in [0.15, 0.2) is 0 Å². The molecule has 0 bridgehead atoms. The Hall–Kier alpha value is -0.600. The Bertz CT molecular complexity index is 500. The third-order valence-corrected chi connectivity index (χ3v) is 7.47. The fourth-order valence-electron chi connectivity index (χ4n) is 5.11. The summed E-state index contributed by atoms with van der Waals surface area (Å²) in [6.07, 6.45) is 11.4. The highest BCUT2D eigenvalue weighted by molar-refractivity contribution is 5.32. The molecule has 2 aliphatic rings. The molecule has 0 aromatic rings. The van der Waals surface area contributed by atoms with Crippen molar-refractivity contribution in [2.45, 2.75) is 72.8 Å². The van der Waals surface area contributed by atoms with Gasteiger partial charge in [0, 0.05) is 13.7 Å². The van der Waals surface area contributed by atoms with Gasteiger partial charge in [-0.2, -0.15) is 0 Å². The minimum atomic E-state index is -0.231. The normalized spacial score (nSPS) is 37.0. The third-order valence-electron chi connectivity index (χ3n) is 7.47. The molecule has 0 aromatic carbocycles. The van der Waals surface area contributed by atoms with Crippen molar-refractivity contribution < 1.29 is 9.84 Å². The summed E-state index contributed by atoms with van der Waals surface area (Å²) in [4.78, 5) is 0. The minimum absolute atomic E-state index is 0.0812. The number of aliphatic hydroxyl groups is 1. The first kappa shape index (κ1) is 18.7. The van der Waals surface area contributed by atoms with Gasteiger partial charge in [-0.15, -0.1) is 0 Å². The van der Waals surface area contributed by atoms with Crippen LogP contribution in [0, 0.1) is 22.2 Å². The first-order valence-electron chi connectivity index (χ1n) is 9.07. The number of methoxy groups -OCH3 is 1. The number of ether oxygens (including phenoxy) is 1. The first-order valence-corrected chi connectivity index (χ1v) is 9.07. The van der Waals surface area contributed by atoms with Crippen LogP contribution in [0.15, 0.2) is 23.8 Å². The maximum Gasteiger partial charge on any atom is 0.0802 e. The molecule has 23 heavy (non-hydrogen) atoms. The van der Waals surface area contributed by atoms with E-state index in [4.69, 9.17) is 4.74 Å². The Morgan fingerprint density at radius 2 is 1.96 bits per heavy atom. The van der Waals surface area contributed by atoms with Crippen molar-refractivity contribution in [3.63, 3.8) is 0 Å². The molecule has 0 aliphatic heterocycles. The third kappa shape index (κ3) is 2.82. The van der Waals surface area contributed by atoms with Crippen LogP contribution >= 0.6 is 0 Å². The summed E-state index contributed by atoms with van der Waals surface area (Å²) in [5.74, 6) is 0.339. The Morgan fingerprint density at radius 3 is 2.52 bits per heavy atom. The molecule has 2 rings (SSSR count). The van der Waals surface area contributed by atoms with Crippen molar-refractivity contribution in [3.05, 3.63) is 23.8 Å². The molecule has 0 heterocycles. The first-order chi connectivity index (χ1) is 10.5. The van der Waals surface area contributed by atoms with E-state index in [0.717, 1.165) is 12.8 Å². The van der Waals surface area contributed by atoms with E-state index in [1.807, 2.05) is 0 Å². The van der Waals surface area contributed by atoms with E-state index in [1.54, 1.807) is 12.7 Å². The van der Waals surface area contributed by atoms with Crippen LogP contribution in [-0.4, -0.2) is 24.4 Å². The highest BCUT2D eigenvalue weighted by Crippen LogP contribution is 2.70. The maximum absolute atomic E-state index is 10.1. The van der Waals surface area contributed by atoms with Crippen molar-refractivity contribution in [1.82, 2.24) is 0 Å². The van der Waals surface area contributed by atoms with E-state index in [-0.39, 0.29) is 28.5 Å². The predicted octanol–water partition coefficient (Wildman–Crippen LogP) is 5.13. The number of hydrogen-bond acceptors (Lipinski definition) is 2. The zero-order chi connectivity index (χ0) is 17.5. The average Bonchev–Trinajstić information content (AvgIpc) is 2.69. The summed E-state index contributed by atoms with van der Waals surface area (Å²) in [6.45, 7) is 14.1. The van der Waals surface area contributed by atoms with Crippen LogP contribution in [0.1, 0.15) is 67.2 Å². The second-order valence-corrected chi connectivity index (χ2v) is 9.19. The molecule has 0 saturated heterocycles. The Kier molecular flexibility index (Phi) is 4.92. The zero-order valence-corrected chi connectivity index (χ0v) is 16.2. The Labute approximate surface area is 143 Å². The molecule has 1 fully saturated rings. The van der Waals surface area contributed by atoms with Gasteiger partial charge in [0.2, 0.25) is 0 Å². The molecule has 2 aliphatic carbocycles. The highest BCUT2D eigenvalue weighted by Gasteiger charge is 2.62. The molecule has 3 atom stereocenters. The van der Waals surface area contributed by atoms with Crippen LogP contribution in [0.25, 0.3) is 0 Å². The molecule has 132 valence electrons. The second-order valence-electron chi connectivity index (χ2n) is 9.19. The van der Waals surface area contributed by atoms with E-state index in [9.17, 15) is 5.11 Å². The molecular formula is C21H36O2. The van der Waals surface area contributed by atoms with E-state index in [0.29, 0.717) is 5.92 Å². The summed E-state index contributed by atoms with van der Waals surface area (Å²) in [6, 6.07) is 0. The monoisotopic (exact) mass is 320 g/mol. The number of hydrogen-bond donors (Lipinski definition) is 1. The van der Waals surface area contributed by atoms with Crippen LogP contribution in [0.2, 0.25) is 0 Å². The molecule has 0 amide bonds. The van der Waals surface area contributed by atoms with Gasteiger partial charge in [0.1, 0.15) is 0 Å². The van der Waals surface area contributed by atoms with E-state index >= 15 is 0 Å². The Morgan fingerprint density at radius 1 is 1.30 bits per heavy atom. The molecule has 0 unspecified atom stereocenters. The van der Waals surface area contributed by atoms with Crippen molar-refractivity contribution >= 4 is 0 Å². The summed E-state index contributed by atoms with van der Waals surface area (Å²) >= 11 is 0. The Balaban J connectivity index is 2.39. The number of rotatable bonds is 5. The maximum atomic E-state index is 10.1. The van der Waals surface area contributed by atoms with Crippen molar-refractivity contribution in [2.24, 2.45) is 22.2 Å². The quantitative estimate of drug-likeness (QED) is 0.712. The number of allylic oxidation sites excluding steroid dienone is 3. The van der Waals surface area contributed by atoms with E-state index < -0.39 is 0 Å². The second kappa shape index (κ2) is 6.04. The lowest BCUT2D eigenvalue weighted by molar-refractivity contribution is -0.0379. The largest absolute Gasteiger partial charge is 0.396 e. The smallest absolute Gasteiger partial charge is 0.0802 e. The molecule has 2 heteroatoms. The van der Waals surface area contributed by atoms with Crippen LogP contribution < -0.4 is 0 Å². The van der Waals surface area contributed by atoms with Crippen molar-refractivity contribution in [1.29, 1.82) is 0 Å². The van der Waals surface area contributed by atoms with Gasteiger partial charge in [-0.25, -0.2) is 0 Å². The topological polar surface area (TPSA) is 29.5 Å². The van der Waals surface area contributed by atoms with Crippen LogP contribution in [0.5, 0.6) is 0 Å².